The molecule has 0 saturated carbocycles. The van der Waals surface area contributed by atoms with Gasteiger partial charge in [-0.3, -0.25) is 14.4 Å². The van der Waals surface area contributed by atoms with Crippen LogP contribution in [-0.2, 0) is 20.7 Å². The summed E-state index contributed by atoms with van der Waals surface area (Å²) in [7, 11) is 0. The maximum Gasteiger partial charge on any atom is 0.305 e. The lowest BCUT2D eigenvalue weighted by molar-refractivity contribution is -0.143. The molecule has 0 heterocycles. The van der Waals surface area contributed by atoms with Gasteiger partial charge in [0, 0.05) is 51.8 Å². The van der Waals surface area contributed by atoms with E-state index in [1.165, 1.54) is 0 Å². The number of carbonyl (C=O) groups excluding carboxylic acids is 3. The van der Waals surface area contributed by atoms with Gasteiger partial charge in [-0.2, -0.15) is 0 Å². The molecule has 0 aliphatic heterocycles. The van der Waals surface area contributed by atoms with Crippen molar-refractivity contribution in [1.82, 2.24) is 0 Å². The molecule has 1 amide bonds. The lowest BCUT2D eigenvalue weighted by Crippen LogP contribution is -2.36. The standard InChI is InChI=1S/C34H32Cl2N2O4/c1-2-42-33(40)10-6-9-32(39)25-13-18-27(19-14-25)37-31(21-23-7-4-3-5-8-23)34(41)38-28-16-11-24(12-17-28)29-20-15-26(35)22-30(29)36/h3-5,7-8,11-20,22,31,37H,2,6,9-10,21H2,1H3,(H,38,41)/t31-/m0/s1. The fraction of sp³-hybridized carbons (Fsp3) is 0.206. The molecule has 0 radical (unpaired) electrons. The van der Waals surface area contributed by atoms with E-state index in [0.717, 1.165) is 16.7 Å². The molecule has 0 aliphatic rings. The van der Waals surface area contributed by atoms with Gasteiger partial charge >= 0.3 is 5.97 Å². The monoisotopic (exact) mass is 602 g/mol. The number of benzene rings is 4. The van der Waals surface area contributed by atoms with Crippen LogP contribution < -0.4 is 10.6 Å². The molecule has 0 bridgehead atoms. The summed E-state index contributed by atoms with van der Waals surface area (Å²) in [5, 5.41) is 7.45. The molecule has 4 aromatic carbocycles. The van der Waals surface area contributed by atoms with Crippen molar-refractivity contribution in [3.63, 3.8) is 0 Å². The third kappa shape index (κ3) is 8.93. The highest BCUT2D eigenvalue weighted by molar-refractivity contribution is 6.36. The van der Waals surface area contributed by atoms with Crippen molar-refractivity contribution in [2.75, 3.05) is 17.2 Å². The quantitative estimate of drug-likeness (QED) is 0.119. The summed E-state index contributed by atoms with van der Waals surface area (Å²) in [6.45, 7) is 2.08. The fourth-order valence-corrected chi connectivity index (χ4v) is 4.99. The predicted octanol–water partition coefficient (Wildman–Crippen LogP) is 8.24. The highest BCUT2D eigenvalue weighted by Gasteiger charge is 2.20. The van der Waals surface area contributed by atoms with Crippen LogP contribution in [0.3, 0.4) is 0 Å². The molecule has 0 spiro atoms. The zero-order valence-corrected chi connectivity index (χ0v) is 24.8. The van der Waals surface area contributed by atoms with E-state index in [4.69, 9.17) is 27.9 Å². The van der Waals surface area contributed by atoms with Gasteiger partial charge in [0.15, 0.2) is 5.78 Å². The van der Waals surface area contributed by atoms with Crippen LogP contribution in [0.15, 0.2) is 97.1 Å². The zero-order chi connectivity index (χ0) is 29.9. The largest absolute Gasteiger partial charge is 0.466 e. The Morgan fingerprint density at radius 2 is 1.50 bits per heavy atom. The third-order valence-corrected chi connectivity index (χ3v) is 7.18. The number of esters is 1. The van der Waals surface area contributed by atoms with E-state index in [2.05, 4.69) is 10.6 Å². The summed E-state index contributed by atoms with van der Waals surface area (Å²) in [6.07, 6.45) is 1.37. The maximum atomic E-state index is 13.5. The second-order valence-electron chi connectivity index (χ2n) is 9.74. The minimum absolute atomic E-state index is 0.0484. The van der Waals surface area contributed by atoms with Crippen LogP contribution in [0.2, 0.25) is 10.0 Å². The van der Waals surface area contributed by atoms with E-state index in [1.54, 1.807) is 43.3 Å². The average molecular weight is 604 g/mol. The predicted molar refractivity (Wildman–Crippen MR) is 169 cm³/mol. The Kier molecular flexibility index (Phi) is 11.2. The molecule has 8 heteroatoms. The summed E-state index contributed by atoms with van der Waals surface area (Å²) >= 11 is 12.4. The molecule has 0 saturated heterocycles. The highest BCUT2D eigenvalue weighted by atomic mass is 35.5. The first-order valence-electron chi connectivity index (χ1n) is 13.8. The Hall–Kier alpha value is -4.13. The lowest BCUT2D eigenvalue weighted by Gasteiger charge is -2.20. The fourth-order valence-electron chi connectivity index (χ4n) is 4.47. The number of rotatable bonds is 13. The Morgan fingerprint density at radius 3 is 2.17 bits per heavy atom. The van der Waals surface area contributed by atoms with Crippen molar-refractivity contribution < 1.29 is 19.1 Å². The first-order valence-corrected chi connectivity index (χ1v) is 14.5. The minimum atomic E-state index is -0.580. The first-order chi connectivity index (χ1) is 20.3. The van der Waals surface area contributed by atoms with Gasteiger partial charge in [0.1, 0.15) is 6.04 Å². The molecule has 4 rings (SSSR count). The molecule has 0 aromatic heterocycles. The molecule has 0 aliphatic carbocycles. The topological polar surface area (TPSA) is 84.5 Å². The van der Waals surface area contributed by atoms with Gasteiger partial charge in [-0.25, -0.2) is 0 Å². The smallest absolute Gasteiger partial charge is 0.305 e. The van der Waals surface area contributed by atoms with Crippen molar-refractivity contribution >= 4 is 52.2 Å². The van der Waals surface area contributed by atoms with E-state index in [-0.39, 0.29) is 30.5 Å². The third-order valence-electron chi connectivity index (χ3n) is 6.63. The Balaban J connectivity index is 1.42. The summed E-state index contributed by atoms with van der Waals surface area (Å²) in [5.41, 5.74) is 4.67. The molecule has 0 unspecified atom stereocenters. The van der Waals surface area contributed by atoms with Gasteiger partial charge in [0.2, 0.25) is 5.91 Å². The molecule has 1 atom stereocenters. The molecule has 6 nitrogen and oxygen atoms in total. The van der Waals surface area contributed by atoms with Gasteiger partial charge in [-0.15, -0.1) is 0 Å². The number of hydrogen-bond acceptors (Lipinski definition) is 5. The van der Waals surface area contributed by atoms with E-state index in [0.29, 0.717) is 46.4 Å². The van der Waals surface area contributed by atoms with Crippen LogP contribution in [-0.4, -0.2) is 30.3 Å². The number of ketones is 1. The molecule has 2 N–H and O–H groups in total. The first kappa shape index (κ1) is 30.8. The number of hydrogen-bond donors (Lipinski definition) is 2. The molecule has 0 fully saturated rings. The summed E-state index contributed by atoms with van der Waals surface area (Å²) in [5.74, 6) is -0.544. The number of amides is 1. The number of ether oxygens (including phenoxy) is 1. The second-order valence-corrected chi connectivity index (χ2v) is 10.6. The number of carbonyl (C=O) groups is 3. The SMILES string of the molecule is CCOC(=O)CCCC(=O)c1ccc(N[C@@H](Cc2ccccc2)C(=O)Nc2ccc(-c3ccc(Cl)cc3Cl)cc2)cc1. The van der Waals surface area contributed by atoms with Crippen LogP contribution in [0, 0.1) is 0 Å². The van der Waals surface area contributed by atoms with Crippen molar-refractivity contribution in [2.24, 2.45) is 0 Å². The summed E-state index contributed by atoms with van der Waals surface area (Å²) < 4.78 is 4.91. The Morgan fingerprint density at radius 1 is 0.810 bits per heavy atom. The van der Waals surface area contributed by atoms with E-state index in [1.807, 2.05) is 60.7 Å². The van der Waals surface area contributed by atoms with Crippen molar-refractivity contribution in [2.45, 2.75) is 38.6 Å². The van der Waals surface area contributed by atoms with Crippen molar-refractivity contribution in [3.8, 4) is 11.1 Å². The molecule has 42 heavy (non-hydrogen) atoms. The molecule has 216 valence electrons. The maximum absolute atomic E-state index is 13.5. The Labute approximate surface area is 256 Å². The molecular weight excluding hydrogens is 571 g/mol. The number of halogens is 2. The van der Waals surface area contributed by atoms with Gasteiger partial charge in [0.05, 0.1) is 6.61 Å². The van der Waals surface area contributed by atoms with Gasteiger partial charge < -0.3 is 15.4 Å². The van der Waals surface area contributed by atoms with Crippen LogP contribution in [0.1, 0.15) is 42.1 Å². The zero-order valence-electron chi connectivity index (χ0n) is 23.2. The second kappa shape index (κ2) is 15.2. The van der Waals surface area contributed by atoms with E-state index < -0.39 is 6.04 Å². The number of Topliss-reactive ketones (excluding diaryl/α,β-unsaturated/α-hetero) is 1. The minimum Gasteiger partial charge on any atom is -0.466 e. The highest BCUT2D eigenvalue weighted by Crippen LogP contribution is 2.31. The summed E-state index contributed by atoms with van der Waals surface area (Å²) in [6, 6.07) is 29.0. The number of anilines is 2. The van der Waals surface area contributed by atoms with Crippen molar-refractivity contribution in [1.29, 1.82) is 0 Å². The van der Waals surface area contributed by atoms with Crippen molar-refractivity contribution in [3.05, 3.63) is 118 Å². The molecule has 4 aromatic rings. The van der Waals surface area contributed by atoms with Gasteiger partial charge in [0.25, 0.3) is 0 Å². The van der Waals surface area contributed by atoms with Gasteiger partial charge in [-0.05, 0) is 73.0 Å². The van der Waals surface area contributed by atoms with Crippen LogP contribution in [0.4, 0.5) is 11.4 Å². The van der Waals surface area contributed by atoms with Crippen LogP contribution >= 0.6 is 23.2 Å². The Bertz CT molecular complexity index is 1510. The normalized spacial score (nSPS) is 11.4. The van der Waals surface area contributed by atoms with Gasteiger partial charge in [-0.1, -0.05) is 71.7 Å². The summed E-state index contributed by atoms with van der Waals surface area (Å²) in [4.78, 5) is 37.6. The van der Waals surface area contributed by atoms with E-state index >= 15 is 0 Å². The van der Waals surface area contributed by atoms with Crippen LogP contribution in [0.5, 0.6) is 0 Å². The van der Waals surface area contributed by atoms with E-state index in [9.17, 15) is 14.4 Å². The average Bonchev–Trinajstić information content (AvgIpc) is 2.98. The molecular formula is C34H32Cl2N2O4. The number of nitrogens with one attached hydrogen (secondary N) is 2. The lowest BCUT2D eigenvalue weighted by atomic mass is 10.0. The van der Waals surface area contributed by atoms with Crippen LogP contribution in [0.25, 0.3) is 11.1 Å².